The maximum atomic E-state index is 10.0. The second-order valence-corrected chi connectivity index (χ2v) is 4.54. The van der Waals surface area contributed by atoms with E-state index in [4.69, 9.17) is 0 Å². The van der Waals surface area contributed by atoms with E-state index in [1.54, 1.807) is 12.1 Å². The molecule has 0 bridgehead atoms. The van der Waals surface area contributed by atoms with Gasteiger partial charge in [0.25, 0.3) is 0 Å². The van der Waals surface area contributed by atoms with E-state index in [1.165, 1.54) is 12.1 Å². The lowest BCUT2D eigenvalue weighted by atomic mass is 10.1. The number of fused-ring (bicyclic) bond motifs is 1. The van der Waals surface area contributed by atoms with Gasteiger partial charge < -0.3 is 10.2 Å². The molecule has 2 N–H and O–H groups in total. The maximum absolute atomic E-state index is 10.0. The summed E-state index contributed by atoms with van der Waals surface area (Å²) in [6.07, 6.45) is 1.78. The van der Waals surface area contributed by atoms with Crippen molar-refractivity contribution in [1.29, 1.82) is 0 Å². The maximum Gasteiger partial charge on any atom is 0.128 e. The number of allylic oxidation sites excluding steroid dienone is 1. The molecular weight excluding hydrogens is 252 g/mol. The quantitative estimate of drug-likeness (QED) is 0.715. The van der Waals surface area contributed by atoms with Crippen molar-refractivity contribution in [2.24, 2.45) is 0 Å². The zero-order valence-corrected chi connectivity index (χ0v) is 10.8. The molecule has 1 heterocycles. The Balaban J connectivity index is 2.28. The van der Waals surface area contributed by atoms with E-state index in [1.807, 2.05) is 28.9 Å². The molecule has 0 aliphatic rings. The monoisotopic (exact) mass is 266 g/mol. The van der Waals surface area contributed by atoms with Crippen LogP contribution in [0.25, 0.3) is 22.2 Å². The van der Waals surface area contributed by atoms with Crippen LogP contribution in [0.3, 0.4) is 0 Å². The van der Waals surface area contributed by atoms with Crippen molar-refractivity contribution in [1.82, 2.24) is 9.78 Å². The van der Waals surface area contributed by atoms with Crippen LogP contribution in [0.5, 0.6) is 11.5 Å². The normalized spacial score (nSPS) is 10.8. The molecule has 4 nitrogen and oxygen atoms in total. The van der Waals surface area contributed by atoms with Crippen LogP contribution in [0, 0.1) is 0 Å². The first-order chi connectivity index (χ1) is 9.70. The number of nitrogens with zero attached hydrogens (tertiary/aromatic N) is 2. The van der Waals surface area contributed by atoms with Crippen molar-refractivity contribution in [3.63, 3.8) is 0 Å². The first-order valence-corrected chi connectivity index (χ1v) is 6.29. The van der Waals surface area contributed by atoms with Crippen LogP contribution in [-0.4, -0.2) is 20.0 Å². The van der Waals surface area contributed by atoms with Gasteiger partial charge in [0, 0.05) is 17.0 Å². The van der Waals surface area contributed by atoms with E-state index in [0.717, 1.165) is 10.9 Å². The number of benzene rings is 2. The van der Waals surface area contributed by atoms with Gasteiger partial charge in [-0.15, -0.1) is 6.58 Å². The Hall–Kier alpha value is -2.75. The Morgan fingerprint density at radius 1 is 1.15 bits per heavy atom. The number of phenolic OH excluding ortho intramolecular Hbond substituents is 2. The van der Waals surface area contributed by atoms with Crippen molar-refractivity contribution >= 4 is 10.9 Å². The van der Waals surface area contributed by atoms with Gasteiger partial charge in [0.2, 0.25) is 0 Å². The lowest BCUT2D eigenvalue weighted by Crippen LogP contribution is -1.96. The van der Waals surface area contributed by atoms with Crippen molar-refractivity contribution in [3.05, 3.63) is 55.1 Å². The Labute approximate surface area is 116 Å². The molecule has 0 unspecified atom stereocenters. The third-order valence-corrected chi connectivity index (χ3v) is 3.20. The molecule has 0 saturated carbocycles. The lowest BCUT2D eigenvalue weighted by Gasteiger charge is -2.02. The fourth-order valence-corrected chi connectivity index (χ4v) is 2.31. The Morgan fingerprint density at radius 2 is 1.95 bits per heavy atom. The van der Waals surface area contributed by atoms with Crippen LogP contribution in [-0.2, 0) is 6.54 Å². The van der Waals surface area contributed by atoms with Gasteiger partial charge in [-0.05, 0) is 18.2 Å². The standard InChI is InChI=1S/C16H14N2O2/c1-2-9-18-14-6-4-3-5-12(14)16(17-18)13-8-7-11(19)10-15(13)20/h2-8,10,19-20H,1,9H2. The predicted molar refractivity (Wildman–Crippen MR) is 78.7 cm³/mol. The summed E-state index contributed by atoms with van der Waals surface area (Å²) in [7, 11) is 0. The van der Waals surface area contributed by atoms with E-state index < -0.39 is 0 Å². The lowest BCUT2D eigenvalue weighted by molar-refractivity contribution is 0.451. The predicted octanol–water partition coefficient (Wildman–Crippen LogP) is 3.30. The number of phenols is 2. The Morgan fingerprint density at radius 3 is 2.70 bits per heavy atom. The number of hydrogen-bond donors (Lipinski definition) is 2. The molecule has 0 aliphatic heterocycles. The van der Waals surface area contributed by atoms with Crippen molar-refractivity contribution in [2.45, 2.75) is 6.54 Å². The van der Waals surface area contributed by atoms with Crippen LogP contribution in [0.4, 0.5) is 0 Å². The molecule has 0 spiro atoms. The zero-order chi connectivity index (χ0) is 14.1. The van der Waals surface area contributed by atoms with E-state index in [0.29, 0.717) is 17.8 Å². The molecule has 0 fully saturated rings. The van der Waals surface area contributed by atoms with Crippen LogP contribution in [0.2, 0.25) is 0 Å². The molecule has 0 atom stereocenters. The molecule has 2 aromatic carbocycles. The number of para-hydroxylation sites is 1. The summed E-state index contributed by atoms with van der Waals surface area (Å²) >= 11 is 0. The summed E-state index contributed by atoms with van der Waals surface area (Å²) in [6.45, 7) is 4.33. The van der Waals surface area contributed by atoms with E-state index in [9.17, 15) is 10.2 Å². The summed E-state index contributed by atoms with van der Waals surface area (Å²) in [5.41, 5.74) is 2.27. The molecule has 0 saturated heterocycles. The van der Waals surface area contributed by atoms with Crippen molar-refractivity contribution in [3.8, 4) is 22.8 Å². The van der Waals surface area contributed by atoms with Crippen LogP contribution in [0.15, 0.2) is 55.1 Å². The number of aromatic hydroxyl groups is 2. The topological polar surface area (TPSA) is 58.3 Å². The van der Waals surface area contributed by atoms with Gasteiger partial charge in [-0.3, -0.25) is 4.68 Å². The second-order valence-electron chi connectivity index (χ2n) is 4.54. The van der Waals surface area contributed by atoms with Crippen LogP contribution in [0.1, 0.15) is 0 Å². The first-order valence-electron chi connectivity index (χ1n) is 6.29. The highest BCUT2D eigenvalue weighted by molar-refractivity contribution is 5.94. The summed E-state index contributed by atoms with van der Waals surface area (Å²) in [5.74, 6) is 0.0417. The molecule has 0 aliphatic carbocycles. The van der Waals surface area contributed by atoms with E-state index in [2.05, 4.69) is 11.7 Å². The van der Waals surface area contributed by atoms with Crippen molar-refractivity contribution < 1.29 is 10.2 Å². The number of hydrogen-bond acceptors (Lipinski definition) is 3. The summed E-state index contributed by atoms with van der Waals surface area (Å²) in [5, 5.41) is 24.9. The second kappa shape index (κ2) is 4.74. The first kappa shape index (κ1) is 12.3. The summed E-state index contributed by atoms with van der Waals surface area (Å²) in [4.78, 5) is 0. The fourth-order valence-electron chi connectivity index (χ4n) is 2.31. The Kier molecular flexibility index (Phi) is 2.91. The zero-order valence-electron chi connectivity index (χ0n) is 10.8. The number of rotatable bonds is 3. The summed E-state index contributed by atoms with van der Waals surface area (Å²) < 4.78 is 1.84. The molecule has 100 valence electrons. The summed E-state index contributed by atoms with van der Waals surface area (Å²) in [6, 6.07) is 12.3. The molecule has 3 aromatic rings. The molecular formula is C16H14N2O2. The van der Waals surface area contributed by atoms with Gasteiger partial charge in [-0.25, -0.2) is 0 Å². The third-order valence-electron chi connectivity index (χ3n) is 3.20. The molecule has 20 heavy (non-hydrogen) atoms. The molecule has 0 radical (unpaired) electrons. The van der Waals surface area contributed by atoms with Crippen LogP contribution < -0.4 is 0 Å². The van der Waals surface area contributed by atoms with E-state index in [-0.39, 0.29) is 11.5 Å². The third kappa shape index (κ3) is 1.91. The van der Waals surface area contributed by atoms with Gasteiger partial charge in [-0.1, -0.05) is 24.3 Å². The highest BCUT2D eigenvalue weighted by atomic mass is 16.3. The average Bonchev–Trinajstić information content (AvgIpc) is 2.79. The van der Waals surface area contributed by atoms with E-state index >= 15 is 0 Å². The molecule has 4 heteroatoms. The highest BCUT2D eigenvalue weighted by Crippen LogP contribution is 2.35. The SMILES string of the molecule is C=CCn1nc(-c2ccc(O)cc2O)c2ccccc21. The minimum atomic E-state index is 0.0130. The smallest absolute Gasteiger partial charge is 0.128 e. The van der Waals surface area contributed by atoms with Gasteiger partial charge in [-0.2, -0.15) is 5.10 Å². The largest absolute Gasteiger partial charge is 0.508 e. The van der Waals surface area contributed by atoms with Gasteiger partial charge in [0.1, 0.15) is 17.2 Å². The van der Waals surface area contributed by atoms with Crippen molar-refractivity contribution in [2.75, 3.05) is 0 Å². The molecule has 1 aromatic heterocycles. The number of aromatic nitrogens is 2. The Bertz CT molecular complexity index is 790. The molecule has 0 amide bonds. The van der Waals surface area contributed by atoms with Gasteiger partial charge in [0.05, 0.1) is 12.1 Å². The van der Waals surface area contributed by atoms with Crippen LogP contribution >= 0.6 is 0 Å². The minimum Gasteiger partial charge on any atom is -0.508 e. The fraction of sp³-hybridized carbons (Fsp3) is 0.0625. The molecule has 3 rings (SSSR count). The van der Waals surface area contributed by atoms with Gasteiger partial charge in [0.15, 0.2) is 0 Å². The minimum absolute atomic E-state index is 0.0130. The highest BCUT2D eigenvalue weighted by Gasteiger charge is 2.14. The average molecular weight is 266 g/mol. The van der Waals surface area contributed by atoms with Gasteiger partial charge >= 0.3 is 0 Å².